The third-order valence-electron chi connectivity index (χ3n) is 5.14. The lowest BCUT2D eigenvalue weighted by Gasteiger charge is -2.13. The van der Waals surface area contributed by atoms with Crippen molar-refractivity contribution in [2.75, 3.05) is 5.32 Å². The van der Waals surface area contributed by atoms with Crippen LogP contribution in [-0.4, -0.2) is 30.8 Å². The lowest BCUT2D eigenvalue weighted by Crippen LogP contribution is -2.34. The Morgan fingerprint density at radius 2 is 1.88 bits per heavy atom. The standard InChI is InChI=1S/C23H17BrN6O2S2/c1-12-16(21-29-30-13(2)27-28-23(30)34-21)4-3-5-17(12)25-22(33)26-20(31)19-11-10-18(32-19)14-6-8-15(24)9-7-14/h3-11H,1-2H3,(H2,25,26,31,33). The summed E-state index contributed by atoms with van der Waals surface area (Å²) in [5.74, 6) is 1.07. The Labute approximate surface area is 212 Å². The van der Waals surface area contributed by atoms with E-state index >= 15 is 0 Å². The first-order chi connectivity index (χ1) is 16.4. The fourth-order valence-corrected chi connectivity index (χ4v) is 4.81. The summed E-state index contributed by atoms with van der Waals surface area (Å²) in [6.45, 7) is 3.82. The van der Waals surface area contributed by atoms with E-state index in [-0.39, 0.29) is 10.9 Å². The van der Waals surface area contributed by atoms with Gasteiger partial charge in [-0.3, -0.25) is 10.1 Å². The number of aryl methyl sites for hydroxylation is 1. The number of carbonyl (C=O) groups excluding carboxylic acids is 1. The van der Waals surface area contributed by atoms with Gasteiger partial charge in [-0.2, -0.15) is 9.61 Å². The fraction of sp³-hybridized carbons (Fsp3) is 0.0870. The van der Waals surface area contributed by atoms with E-state index in [4.69, 9.17) is 16.6 Å². The Morgan fingerprint density at radius 3 is 2.65 bits per heavy atom. The fourth-order valence-electron chi connectivity index (χ4n) is 3.37. The van der Waals surface area contributed by atoms with Gasteiger partial charge in [0.25, 0.3) is 5.91 Å². The van der Waals surface area contributed by atoms with E-state index in [1.54, 1.807) is 16.6 Å². The molecule has 0 atom stereocenters. The van der Waals surface area contributed by atoms with Crippen LogP contribution in [-0.2, 0) is 0 Å². The lowest BCUT2D eigenvalue weighted by atomic mass is 10.1. The molecule has 0 fully saturated rings. The van der Waals surface area contributed by atoms with Crippen LogP contribution in [0.5, 0.6) is 0 Å². The SMILES string of the molecule is Cc1c(NC(=S)NC(=O)c2ccc(-c3ccc(Br)cc3)o2)cccc1-c1nn2c(C)nnc2s1. The van der Waals surface area contributed by atoms with Crippen LogP contribution in [0, 0.1) is 13.8 Å². The second-order valence-corrected chi connectivity index (χ2v) is 9.69. The zero-order valence-electron chi connectivity index (χ0n) is 18.0. The molecule has 0 saturated heterocycles. The monoisotopic (exact) mass is 552 g/mol. The number of benzene rings is 2. The number of halogens is 1. The van der Waals surface area contributed by atoms with Crippen LogP contribution in [0.15, 0.2) is 63.5 Å². The first-order valence-corrected chi connectivity index (χ1v) is 12.2. The second-order valence-electron chi connectivity index (χ2n) is 7.41. The lowest BCUT2D eigenvalue weighted by molar-refractivity contribution is 0.0951. The van der Waals surface area contributed by atoms with Crippen molar-refractivity contribution in [1.29, 1.82) is 0 Å². The summed E-state index contributed by atoms with van der Waals surface area (Å²) in [4.78, 5) is 13.4. The average molecular weight is 553 g/mol. The van der Waals surface area contributed by atoms with Gasteiger partial charge < -0.3 is 9.73 Å². The molecule has 2 aromatic carbocycles. The minimum Gasteiger partial charge on any atom is -0.451 e. The van der Waals surface area contributed by atoms with Crippen molar-refractivity contribution in [3.8, 4) is 21.9 Å². The van der Waals surface area contributed by atoms with Gasteiger partial charge in [-0.15, -0.1) is 10.2 Å². The Balaban J connectivity index is 1.29. The number of anilines is 1. The number of fused-ring (bicyclic) bond motifs is 1. The van der Waals surface area contributed by atoms with Gasteiger partial charge in [0, 0.05) is 21.3 Å². The van der Waals surface area contributed by atoms with E-state index in [0.717, 1.165) is 42.6 Å². The highest BCUT2D eigenvalue weighted by Crippen LogP contribution is 2.31. The van der Waals surface area contributed by atoms with Crippen LogP contribution < -0.4 is 10.6 Å². The van der Waals surface area contributed by atoms with Gasteiger partial charge in [0.1, 0.15) is 10.8 Å². The highest BCUT2D eigenvalue weighted by Gasteiger charge is 2.17. The molecule has 0 aliphatic heterocycles. The van der Waals surface area contributed by atoms with Crippen LogP contribution in [0.3, 0.4) is 0 Å². The number of amides is 1. The molecule has 3 heterocycles. The topological polar surface area (TPSA) is 97.3 Å². The van der Waals surface area contributed by atoms with Gasteiger partial charge in [-0.05, 0) is 62.0 Å². The van der Waals surface area contributed by atoms with Crippen LogP contribution in [0.1, 0.15) is 21.9 Å². The number of carbonyl (C=O) groups is 1. The van der Waals surface area contributed by atoms with Gasteiger partial charge in [0.05, 0.1) is 0 Å². The molecule has 0 aliphatic carbocycles. The third kappa shape index (κ3) is 4.37. The molecule has 0 aliphatic rings. The largest absolute Gasteiger partial charge is 0.451 e. The predicted molar refractivity (Wildman–Crippen MR) is 139 cm³/mol. The molecule has 0 saturated carbocycles. The van der Waals surface area contributed by atoms with Crippen molar-refractivity contribution < 1.29 is 9.21 Å². The zero-order chi connectivity index (χ0) is 23.8. The molecule has 170 valence electrons. The first kappa shape index (κ1) is 22.4. The van der Waals surface area contributed by atoms with Gasteiger partial charge in [-0.1, -0.05) is 51.5 Å². The zero-order valence-corrected chi connectivity index (χ0v) is 21.2. The highest BCUT2D eigenvalue weighted by molar-refractivity contribution is 9.10. The number of hydrogen-bond donors (Lipinski definition) is 2. The first-order valence-electron chi connectivity index (χ1n) is 10.2. The number of thiocarbonyl (C=S) groups is 1. The quantitative estimate of drug-likeness (QED) is 0.279. The molecule has 34 heavy (non-hydrogen) atoms. The van der Waals surface area contributed by atoms with Crippen molar-refractivity contribution in [3.63, 3.8) is 0 Å². The van der Waals surface area contributed by atoms with Crippen LogP contribution >= 0.6 is 39.5 Å². The van der Waals surface area contributed by atoms with Crippen molar-refractivity contribution in [3.05, 3.63) is 76.2 Å². The maximum absolute atomic E-state index is 12.7. The summed E-state index contributed by atoms with van der Waals surface area (Å²) in [5, 5.41) is 19.5. The van der Waals surface area contributed by atoms with Crippen LogP contribution in [0.25, 0.3) is 26.9 Å². The van der Waals surface area contributed by atoms with E-state index < -0.39 is 5.91 Å². The minimum absolute atomic E-state index is 0.167. The van der Waals surface area contributed by atoms with Gasteiger partial charge in [-0.25, -0.2) is 0 Å². The minimum atomic E-state index is -0.432. The maximum atomic E-state index is 12.7. The molecular formula is C23H17BrN6O2S2. The van der Waals surface area contributed by atoms with Gasteiger partial charge in [0.2, 0.25) is 4.96 Å². The average Bonchev–Trinajstić information content (AvgIpc) is 3.54. The van der Waals surface area contributed by atoms with Crippen molar-refractivity contribution >= 4 is 61.2 Å². The summed E-state index contributed by atoms with van der Waals surface area (Å²) in [5.41, 5.74) is 3.52. The Kier molecular flexibility index (Phi) is 5.98. The molecule has 8 nitrogen and oxygen atoms in total. The molecule has 1 amide bonds. The summed E-state index contributed by atoms with van der Waals surface area (Å²) < 4.78 is 8.40. The van der Waals surface area contributed by atoms with Crippen molar-refractivity contribution in [2.45, 2.75) is 13.8 Å². The van der Waals surface area contributed by atoms with E-state index in [9.17, 15) is 4.79 Å². The van der Waals surface area contributed by atoms with Crippen molar-refractivity contribution in [1.82, 2.24) is 25.1 Å². The second kappa shape index (κ2) is 9.09. The smallest absolute Gasteiger partial charge is 0.293 e. The van der Waals surface area contributed by atoms with Crippen LogP contribution in [0.4, 0.5) is 5.69 Å². The number of aromatic nitrogens is 4. The molecule has 2 N–H and O–H groups in total. The molecular weight excluding hydrogens is 536 g/mol. The van der Waals surface area contributed by atoms with E-state index in [2.05, 4.69) is 41.9 Å². The van der Waals surface area contributed by atoms with E-state index in [1.165, 1.54) is 11.3 Å². The summed E-state index contributed by atoms with van der Waals surface area (Å²) >= 11 is 10.2. The van der Waals surface area contributed by atoms with Crippen LogP contribution in [0.2, 0.25) is 0 Å². The molecule has 0 radical (unpaired) electrons. The normalized spacial score (nSPS) is 11.0. The summed E-state index contributed by atoms with van der Waals surface area (Å²) in [6.07, 6.45) is 0. The molecule has 5 aromatic rings. The number of rotatable bonds is 4. The number of hydrogen-bond acceptors (Lipinski definition) is 7. The van der Waals surface area contributed by atoms with Crippen molar-refractivity contribution in [2.24, 2.45) is 0 Å². The molecule has 3 aromatic heterocycles. The van der Waals surface area contributed by atoms with E-state index in [0.29, 0.717) is 5.76 Å². The Hall–Kier alpha value is -3.41. The number of furan rings is 1. The third-order valence-corrected chi connectivity index (χ3v) is 6.81. The Bertz CT molecular complexity index is 1540. The highest BCUT2D eigenvalue weighted by atomic mass is 79.9. The summed E-state index contributed by atoms with van der Waals surface area (Å²) in [7, 11) is 0. The predicted octanol–water partition coefficient (Wildman–Crippen LogP) is 5.62. The summed E-state index contributed by atoms with van der Waals surface area (Å²) in [6, 6.07) is 16.8. The molecule has 5 rings (SSSR count). The van der Waals surface area contributed by atoms with Gasteiger partial charge in [0.15, 0.2) is 16.7 Å². The number of nitrogens with zero attached hydrogens (tertiary/aromatic N) is 4. The maximum Gasteiger partial charge on any atom is 0.293 e. The van der Waals surface area contributed by atoms with Gasteiger partial charge >= 0.3 is 0 Å². The molecule has 0 bridgehead atoms. The molecule has 0 unspecified atom stereocenters. The Morgan fingerprint density at radius 1 is 1.09 bits per heavy atom. The number of nitrogens with one attached hydrogen (secondary N) is 2. The molecule has 11 heteroatoms. The van der Waals surface area contributed by atoms with E-state index in [1.807, 2.05) is 56.3 Å². The molecule has 0 spiro atoms.